The molecular weight excluding hydrogens is 302 g/mol. The smallest absolute Gasteiger partial charge is 0.270 e. The lowest BCUT2D eigenvalue weighted by molar-refractivity contribution is 0.0724. The molecule has 0 aliphatic carbocycles. The Morgan fingerprint density at radius 1 is 1.04 bits per heavy atom. The first kappa shape index (κ1) is 16.2. The predicted molar refractivity (Wildman–Crippen MR) is 91.6 cm³/mol. The van der Waals surface area contributed by atoms with E-state index < -0.39 is 0 Å². The average molecular weight is 323 g/mol. The van der Waals surface area contributed by atoms with E-state index >= 15 is 0 Å². The summed E-state index contributed by atoms with van der Waals surface area (Å²) in [6, 6.07) is 12.9. The van der Waals surface area contributed by atoms with E-state index in [1.54, 1.807) is 12.1 Å². The van der Waals surface area contributed by atoms with Gasteiger partial charge in [-0.25, -0.2) is 0 Å². The van der Waals surface area contributed by atoms with Crippen LogP contribution in [0.25, 0.3) is 0 Å². The number of hydrogen-bond donors (Lipinski definition) is 1. The number of amides is 2. The van der Waals surface area contributed by atoms with Crippen LogP contribution in [0.15, 0.2) is 48.7 Å². The highest BCUT2D eigenvalue weighted by Crippen LogP contribution is 2.13. The molecule has 1 aliphatic heterocycles. The molecule has 0 saturated carbocycles. The van der Waals surface area contributed by atoms with Gasteiger partial charge in [-0.15, -0.1) is 0 Å². The van der Waals surface area contributed by atoms with E-state index in [0.29, 0.717) is 12.1 Å². The molecule has 2 amide bonds. The van der Waals surface area contributed by atoms with Crippen molar-refractivity contribution in [2.75, 3.05) is 13.1 Å². The fourth-order valence-electron chi connectivity index (χ4n) is 2.84. The largest absolute Gasteiger partial charge is 0.347 e. The molecule has 0 radical (unpaired) electrons. The van der Waals surface area contributed by atoms with Crippen LogP contribution in [-0.2, 0) is 6.54 Å². The van der Waals surface area contributed by atoms with E-state index in [1.165, 1.54) is 12.6 Å². The second-order valence-electron chi connectivity index (χ2n) is 5.95. The van der Waals surface area contributed by atoms with Gasteiger partial charge in [0.1, 0.15) is 5.69 Å². The molecule has 0 spiro atoms. The Labute approximate surface area is 141 Å². The quantitative estimate of drug-likeness (QED) is 0.941. The van der Waals surface area contributed by atoms with Crippen molar-refractivity contribution in [1.29, 1.82) is 0 Å². The van der Waals surface area contributed by atoms with Crippen LogP contribution in [0.5, 0.6) is 0 Å². The topological polar surface area (TPSA) is 62.3 Å². The molecule has 5 nitrogen and oxygen atoms in total. The molecule has 0 bridgehead atoms. The minimum atomic E-state index is -0.271. The van der Waals surface area contributed by atoms with Crippen LogP contribution in [0, 0.1) is 0 Å². The molecule has 2 heterocycles. The van der Waals surface area contributed by atoms with E-state index in [-0.39, 0.29) is 17.5 Å². The van der Waals surface area contributed by atoms with E-state index in [2.05, 4.69) is 10.3 Å². The van der Waals surface area contributed by atoms with Crippen LogP contribution in [0.2, 0.25) is 0 Å². The summed E-state index contributed by atoms with van der Waals surface area (Å²) >= 11 is 0. The third kappa shape index (κ3) is 3.98. The van der Waals surface area contributed by atoms with Crippen LogP contribution in [0.1, 0.15) is 45.7 Å². The number of nitrogens with zero attached hydrogens (tertiary/aromatic N) is 2. The van der Waals surface area contributed by atoms with Crippen LogP contribution in [0.3, 0.4) is 0 Å². The molecule has 2 aromatic rings. The zero-order valence-corrected chi connectivity index (χ0v) is 13.6. The van der Waals surface area contributed by atoms with Gasteiger partial charge in [-0.05, 0) is 37.0 Å². The molecular formula is C19H21N3O2. The second-order valence-corrected chi connectivity index (χ2v) is 5.95. The summed E-state index contributed by atoms with van der Waals surface area (Å²) < 4.78 is 0. The van der Waals surface area contributed by atoms with Gasteiger partial charge in [0.25, 0.3) is 11.8 Å². The summed E-state index contributed by atoms with van der Waals surface area (Å²) in [5, 5.41) is 2.83. The summed E-state index contributed by atoms with van der Waals surface area (Å²) in [5.74, 6) is -0.290. The molecule has 0 unspecified atom stereocenters. The zero-order valence-electron chi connectivity index (χ0n) is 13.6. The van der Waals surface area contributed by atoms with Gasteiger partial charge in [-0.1, -0.05) is 30.3 Å². The van der Waals surface area contributed by atoms with Crippen molar-refractivity contribution >= 4 is 11.8 Å². The first-order chi connectivity index (χ1) is 11.7. The summed E-state index contributed by atoms with van der Waals surface area (Å²) in [7, 11) is 0. The maximum atomic E-state index is 12.5. The summed E-state index contributed by atoms with van der Waals surface area (Å²) in [4.78, 5) is 30.7. The highest BCUT2D eigenvalue weighted by Gasteiger charge is 2.19. The Kier molecular flexibility index (Phi) is 5.21. The molecule has 1 fully saturated rings. The Morgan fingerprint density at radius 2 is 1.79 bits per heavy atom. The third-order valence-corrected chi connectivity index (χ3v) is 4.18. The van der Waals surface area contributed by atoms with E-state index in [9.17, 15) is 9.59 Å². The number of benzene rings is 1. The van der Waals surface area contributed by atoms with E-state index in [4.69, 9.17) is 0 Å². The Morgan fingerprint density at radius 3 is 2.54 bits per heavy atom. The lowest BCUT2D eigenvalue weighted by Crippen LogP contribution is -2.35. The van der Waals surface area contributed by atoms with Crippen molar-refractivity contribution in [3.8, 4) is 0 Å². The van der Waals surface area contributed by atoms with Crippen molar-refractivity contribution < 1.29 is 9.59 Å². The Bertz CT molecular complexity index is 710. The van der Waals surface area contributed by atoms with Crippen LogP contribution < -0.4 is 5.32 Å². The number of hydrogen-bond acceptors (Lipinski definition) is 3. The predicted octanol–water partition coefficient (Wildman–Crippen LogP) is 2.64. The highest BCUT2D eigenvalue weighted by molar-refractivity contribution is 5.98. The molecule has 1 aromatic carbocycles. The van der Waals surface area contributed by atoms with Gasteiger partial charge in [0.15, 0.2) is 0 Å². The SMILES string of the molecule is O=C(NCc1ccccc1)c1cc(C(=O)N2CCCCC2)ccn1. The maximum Gasteiger partial charge on any atom is 0.270 e. The molecule has 0 atom stereocenters. The number of rotatable bonds is 4. The lowest BCUT2D eigenvalue weighted by atomic mass is 10.1. The zero-order chi connectivity index (χ0) is 16.8. The number of piperidine rings is 1. The van der Waals surface area contributed by atoms with Gasteiger partial charge in [0.2, 0.25) is 0 Å². The van der Waals surface area contributed by atoms with Crippen molar-refractivity contribution in [1.82, 2.24) is 15.2 Å². The van der Waals surface area contributed by atoms with Crippen LogP contribution in [0.4, 0.5) is 0 Å². The summed E-state index contributed by atoms with van der Waals surface area (Å²) in [6.07, 6.45) is 4.78. The normalized spacial score (nSPS) is 14.2. The first-order valence-corrected chi connectivity index (χ1v) is 8.31. The molecule has 124 valence electrons. The third-order valence-electron chi connectivity index (χ3n) is 4.18. The number of nitrogens with one attached hydrogen (secondary N) is 1. The number of pyridine rings is 1. The number of carbonyl (C=O) groups is 2. The molecule has 1 saturated heterocycles. The molecule has 5 heteroatoms. The average Bonchev–Trinajstić information content (AvgIpc) is 2.67. The lowest BCUT2D eigenvalue weighted by Gasteiger charge is -2.26. The van der Waals surface area contributed by atoms with E-state index in [1.807, 2.05) is 35.2 Å². The fourth-order valence-corrected chi connectivity index (χ4v) is 2.84. The maximum absolute atomic E-state index is 12.5. The summed E-state index contributed by atoms with van der Waals surface area (Å²) in [5.41, 5.74) is 1.82. The highest BCUT2D eigenvalue weighted by atomic mass is 16.2. The molecule has 1 aromatic heterocycles. The minimum absolute atomic E-state index is 0.0193. The molecule has 24 heavy (non-hydrogen) atoms. The van der Waals surface area contributed by atoms with Gasteiger partial charge < -0.3 is 10.2 Å². The Hall–Kier alpha value is -2.69. The molecule has 1 aliphatic rings. The summed E-state index contributed by atoms with van der Waals surface area (Å²) in [6.45, 7) is 2.01. The number of likely N-dealkylation sites (tertiary alicyclic amines) is 1. The number of carbonyl (C=O) groups excluding carboxylic acids is 2. The van der Waals surface area contributed by atoms with Gasteiger partial charge >= 0.3 is 0 Å². The van der Waals surface area contributed by atoms with Gasteiger partial charge in [0, 0.05) is 31.4 Å². The van der Waals surface area contributed by atoms with Gasteiger partial charge in [-0.2, -0.15) is 0 Å². The Balaban J connectivity index is 1.65. The standard InChI is InChI=1S/C19H21N3O2/c23-18(21-14-15-7-3-1-4-8-15)17-13-16(9-10-20-17)19(24)22-11-5-2-6-12-22/h1,3-4,7-10,13H,2,5-6,11-12,14H2,(H,21,23). The van der Waals surface area contributed by atoms with E-state index in [0.717, 1.165) is 31.5 Å². The van der Waals surface area contributed by atoms with Crippen molar-refractivity contribution in [2.45, 2.75) is 25.8 Å². The fraction of sp³-hybridized carbons (Fsp3) is 0.316. The van der Waals surface area contributed by atoms with Crippen molar-refractivity contribution in [3.63, 3.8) is 0 Å². The van der Waals surface area contributed by atoms with Crippen molar-refractivity contribution in [2.24, 2.45) is 0 Å². The minimum Gasteiger partial charge on any atom is -0.347 e. The molecule has 1 N–H and O–H groups in total. The van der Waals surface area contributed by atoms with Crippen molar-refractivity contribution in [3.05, 3.63) is 65.5 Å². The monoisotopic (exact) mass is 323 g/mol. The second kappa shape index (κ2) is 7.73. The van der Waals surface area contributed by atoms with Gasteiger partial charge in [-0.3, -0.25) is 14.6 Å². The van der Waals surface area contributed by atoms with Crippen LogP contribution in [-0.4, -0.2) is 34.8 Å². The number of aromatic nitrogens is 1. The van der Waals surface area contributed by atoms with Gasteiger partial charge in [0.05, 0.1) is 0 Å². The molecule has 3 rings (SSSR count). The first-order valence-electron chi connectivity index (χ1n) is 8.31. The van der Waals surface area contributed by atoms with Crippen LogP contribution >= 0.6 is 0 Å².